The van der Waals surface area contributed by atoms with Crippen LogP contribution in [0.15, 0.2) is 4.99 Å². The summed E-state index contributed by atoms with van der Waals surface area (Å²) in [5, 5.41) is 20.6. The largest absolute Gasteiger partial charge is 0.370 e. The molecule has 2 rings (SSSR count). The number of unbranched alkanes of at least 4 members (excludes halogenated alkanes) is 1. The fourth-order valence-corrected chi connectivity index (χ4v) is 11.1. The molecule has 2 fully saturated rings. The molecule has 22 N–H and O–H groups in total. The first kappa shape index (κ1) is 60.9. The van der Waals surface area contributed by atoms with Crippen molar-refractivity contribution in [2.45, 2.75) is 126 Å². The van der Waals surface area contributed by atoms with Gasteiger partial charge in [-0.15, -0.1) is 0 Å². The van der Waals surface area contributed by atoms with E-state index >= 15 is 0 Å². The van der Waals surface area contributed by atoms with E-state index in [0.29, 0.717) is 19.3 Å². The van der Waals surface area contributed by atoms with Crippen LogP contribution in [0.25, 0.3) is 0 Å². The topological polar surface area (TPSA) is 479 Å². The Morgan fingerprint density at radius 3 is 1.67 bits per heavy atom. The lowest BCUT2D eigenvalue weighted by Crippen LogP contribution is -2.62. The monoisotopic (exact) mass is 1060 g/mol. The third kappa shape index (κ3) is 22.2. The zero-order chi connectivity index (χ0) is 52.5. The molecular formula is C39H68N16O11S4. The first-order valence-electron chi connectivity index (χ1n) is 22.4. The summed E-state index contributed by atoms with van der Waals surface area (Å²) >= 11 is 0. The molecule has 0 saturated carbocycles. The van der Waals surface area contributed by atoms with Gasteiger partial charge in [-0.1, -0.05) is 63.4 Å². The summed E-state index contributed by atoms with van der Waals surface area (Å²) in [6.07, 6.45) is 0.00590. The molecule has 2 aliphatic heterocycles. The Balaban J connectivity index is 2.37. The zero-order valence-corrected chi connectivity index (χ0v) is 42.3. The minimum absolute atomic E-state index is 0.0188. The van der Waals surface area contributed by atoms with Crippen LogP contribution in [0.4, 0.5) is 0 Å². The number of guanidine groups is 1. The number of aliphatic imine (C=N–C) groups is 1. The summed E-state index contributed by atoms with van der Waals surface area (Å²) in [6.45, 7) is 3.70. The van der Waals surface area contributed by atoms with Crippen molar-refractivity contribution in [3.8, 4) is 0 Å². The number of carbonyl (C=O) groups excluding carboxylic acids is 11. The van der Waals surface area contributed by atoms with Crippen molar-refractivity contribution in [1.29, 1.82) is 0 Å². The Morgan fingerprint density at radius 1 is 0.643 bits per heavy atom. The Bertz CT molecular complexity index is 1900. The molecule has 70 heavy (non-hydrogen) atoms. The molecule has 0 radical (unpaired) electrons. The van der Waals surface area contributed by atoms with E-state index in [1.54, 1.807) is 13.8 Å². The molecule has 0 aliphatic carbocycles. The van der Waals surface area contributed by atoms with Crippen LogP contribution in [0.3, 0.4) is 0 Å². The van der Waals surface area contributed by atoms with Crippen LogP contribution in [0.2, 0.25) is 0 Å². The second-order valence-electron chi connectivity index (χ2n) is 16.4. The van der Waals surface area contributed by atoms with E-state index in [1.807, 2.05) is 0 Å². The van der Waals surface area contributed by atoms with Crippen molar-refractivity contribution in [3.05, 3.63) is 0 Å². The molecule has 0 aromatic carbocycles. The van der Waals surface area contributed by atoms with Gasteiger partial charge in [0.2, 0.25) is 65.0 Å². The van der Waals surface area contributed by atoms with E-state index in [-0.39, 0.29) is 67.7 Å². The Morgan fingerprint density at radius 2 is 1.14 bits per heavy atom. The molecule has 0 aromatic heterocycles. The predicted molar refractivity (Wildman–Crippen MR) is 267 cm³/mol. The molecule has 2 heterocycles. The molecule has 31 heteroatoms. The van der Waals surface area contributed by atoms with E-state index in [1.165, 1.54) is 43.2 Å². The van der Waals surface area contributed by atoms with Crippen LogP contribution in [0.1, 0.15) is 71.6 Å². The molecule has 2 aliphatic rings. The Hall–Kier alpha value is -5.24. The van der Waals surface area contributed by atoms with Crippen LogP contribution in [0.5, 0.6) is 0 Å². The molecule has 0 unspecified atom stereocenters. The van der Waals surface area contributed by atoms with E-state index in [2.05, 4.69) is 47.5 Å². The molecule has 11 amide bonds. The molecular weight excluding hydrogens is 997 g/mol. The van der Waals surface area contributed by atoms with Gasteiger partial charge in [0.15, 0.2) is 5.96 Å². The average Bonchev–Trinajstić information content (AvgIpc) is 3.28. The number of primary amides is 3. The van der Waals surface area contributed by atoms with Gasteiger partial charge >= 0.3 is 0 Å². The van der Waals surface area contributed by atoms with Crippen LogP contribution < -0.4 is 82.7 Å². The third-order valence-corrected chi connectivity index (χ3v) is 15.5. The fraction of sp³-hybridized carbons (Fsp3) is 0.692. The van der Waals surface area contributed by atoms with Gasteiger partial charge in [0.1, 0.15) is 48.3 Å². The number of hydrogen-bond acceptors (Lipinski definition) is 18. The number of hydrogen-bond donors (Lipinski definition) is 15. The summed E-state index contributed by atoms with van der Waals surface area (Å²) in [7, 11) is 4.90. The molecule has 0 aromatic rings. The lowest BCUT2D eigenvalue weighted by molar-refractivity contribution is -0.136. The SMILES string of the molecule is CC[C@H](C)[C@H](NC(=O)[C@H](CCC(N)=O)NC(=O)[C@H](CCCN=C(N)N)NC(=O)[C@H](CCCCN)NC(=O)[C@@H]1CSSC[C@H](NC(=O)[C@@H](N)CC(N)=O)C(=O)N1)C(=O)N[C@H]1CSSC[C@@H](C(N)=O)NC1=O. The van der Waals surface area contributed by atoms with E-state index in [4.69, 9.17) is 40.1 Å². The Kier molecular flexibility index (Phi) is 27.7. The van der Waals surface area contributed by atoms with E-state index in [0.717, 1.165) is 0 Å². The first-order valence-corrected chi connectivity index (χ1v) is 27.3. The smallest absolute Gasteiger partial charge is 0.244 e. The van der Waals surface area contributed by atoms with Gasteiger partial charge in [-0.3, -0.25) is 57.7 Å². The Labute approximate surface area is 420 Å². The molecule has 10 atom stereocenters. The lowest BCUT2D eigenvalue weighted by atomic mass is 9.97. The number of nitrogens with zero attached hydrogens (tertiary/aromatic N) is 1. The highest BCUT2D eigenvalue weighted by Crippen LogP contribution is 2.26. The quantitative estimate of drug-likeness (QED) is 0.0150. The molecule has 0 bridgehead atoms. The van der Waals surface area contributed by atoms with E-state index < -0.39 is 138 Å². The molecule has 0 spiro atoms. The van der Waals surface area contributed by atoms with Crippen LogP contribution in [-0.2, 0) is 52.7 Å². The zero-order valence-electron chi connectivity index (χ0n) is 39.0. The van der Waals surface area contributed by atoms with Gasteiger partial charge < -0.3 is 82.7 Å². The second-order valence-corrected chi connectivity index (χ2v) is 21.5. The highest BCUT2D eigenvalue weighted by Gasteiger charge is 2.37. The molecule has 2 saturated heterocycles. The average molecular weight is 1070 g/mol. The van der Waals surface area contributed by atoms with Gasteiger partial charge in [-0.05, 0) is 51.0 Å². The summed E-state index contributed by atoms with van der Waals surface area (Å²) < 4.78 is 0. The normalized spacial score (nSPS) is 20.9. The van der Waals surface area contributed by atoms with Crippen molar-refractivity contribution in [2.75, 3.05) is 36.1 Å². The third-order valence-electron chi connectivity index (χ3n) is 10.7. The standard InChI is InChI=1S/C39H68N16O11S4/c1-3-18(2)29(38(66)54-26-17-68-67-14-23(30(44)58)51-36(26)64)55-34(62)22(9-10-27(42)56)50-33(61)21(8-6-12-47-39(45)46)48-32(60)20(7-4-5-11-40)49-35(63)25-16-70-69-15-24(37(65)53-25)52-31(59)19(41)13-28(43)57/h18-26,29H,3-17,40-41H2,1-2H3,(H2,42,56)(H2,43,57)(H2,44,58)(H,48,60)(H,49,63)(H,50,61)(H,51,64)(H,52,59)(H,53,65)(H,54,66)(H,55,62)(H4,45,46,47)/t18-,19-,20-,21-,22-,23-,24-,25-,26-,29-/m0/s1. The van der Waals surface area contributed by atoms with Gasteiger partial charge in [0.05, 0.1) is 12.5 Å². The van der Waals surface area contributed by atoms with Crippen molar-refractivity contribution >= 4 is 114 Å². The summed E-state index contributed by atoms with van der Waals surface area (Å²) in [5.41, 5.74) is 38.4. The first-order chi connectivity index (χ1) is 33.1. The van der Waals surface area contributed by atoms with E-state index in [9.17, 15) is 52.7 Å². The van der Waals surface area contributed by atoms with Crippen molar-refractivity contribution in [3.63, 3.8) is 0 Å². The minimum Gasteiger partial charge on any atom is -0.370 e. The fourth-order valence-electron chi connectivity index (χ4n) is 6.46. The number of nitrogens with two attached hydrogens (primary N) is 7. The highest BCUT2D eigenvalue weighted by atomic mass is 33.1. The number of carbonyl (C=O) groups is 11. The molecule has 27 nitrogen and oxygen atoms in total. The number of nitrogens with one attached hydrogen (secondary N) is 8. The van der Waals surface area contributed by atoms with Gasteiger partial charge in [-0.2, -0.15) is 0 Å². The van der Waals surface area contributed by atoms with Crippen LogP contribution in [-0.4, -0.2) is 161 Å². The summed E-state index contributed by atoms with van der Waals surface area (Å²) in [6, 6.07) is -11.2. The number of rotatable bonds is 28. The maximum absolute atomic E-state index is 14.2. The summed E-state index contributed by atoms with van der Waals surface area (Å²) in [5.74, 6) is -9.05. The van der Waals surface area contributed by atoms with Crippen LogP contribution >= 0.6 is 43.2 Å². The van der Waals surface area contributed by atoms with Gasteiger partial charge in [0, 0.05) is 36.0 Å². The maximum Gasteiger partial charge on any atom is 0.244 e. The highest BCUT2D eigenvalue weighted by molar-refractivity contribution is 8.77. The van der Waals surface area contributed by atoms with Crippen molar-refractivity contribution in [2.24, 2.45) is 51.0 Å². The van der Waals surface area contributed by atoms with Gasteiger partial charge in [0.25, 0.3) is 0 Å². The van der Waals surface area contributed by atoms with Gasteiger partial charge in [-0.25, -0.2) is 0 Å². The molecule has 394 valence electrons. The summed E-state index contributed by atoms with van der Waals surface area (Å²) in [4.78, 5) is 148. The predicted octanol–water partition coefficient (Wildman–Crippen LogP) is -6.16. The van der Waals surface area contributed by atoms with Crippen molar-refractivity contribution < 1.29 is 52.7 Å². The minimum atomic E-state index is -1.50. The lowest BCUT2D eigenvalue weighted by Gasteiger charge is -2.30. The second kappa shape index (κ2) is 31.9. The van der Waals surface area contributed by atoms with Crippen molar-refractivity contribution in [1.82, 2.24) is 42.5 Å². The number of amides is 11. The maximum atomic E-state index is 14.2. The van der Waals surface area contributed by atoms with Crippen LogP contribution in [0, 0.1) is 5.92 Å².